The number of carbonyl (C=O) groups excluding carboxylic acids is 1. The summed E-state index contributed by atoms with van der Waals surface area (Å²) < 4.78 is 38.7. The number of carbonyl (C=O) groups is 1. The summed E-state index contributed by atoms with van der Waals surface area (Å²) in [6, 6.07) is 12.4. The molecule has 2 fully saturated rings. The molecule has 0 spiro atoms. The number of nitrogen functional groups attached to an aromatic ring is 1. The molecule has 14 heteroatoms. The Kier molecular flexibility index (Phi) is 9.70. The molecule has 3 heterocycles. The van der Waals surface area contributed by atoms with E-state index in [0.29, 0.717) is 24.0 Å². The number of hydrogen-bond donors (Lipinski definition) is 3. The molecule has 13 nitrogen and oxygen atoms in total. The molecule has 1 saturated carbocycles. The fraction of sp³-hybridized carbons (Fsp3) is 0.514. The number of nitrogens with one attached hydrogen (secondary N) is 2. The molecule has 3 aliphatic rings. The number of esters is 1. The molecule has 0 amide bonds. The van der Waals surface area contributed by atoms with Gasteiger partial charge in [0.15, 0.2) is 11.6 Å². The molecule has 6 atom stereocenters. The van der Waals surface area contributed by atoms with E-state index in [0.717, 1.165) is 35.1 Å². The van der Waals surface area contributed by atoms with Gasteiger partial charge in [-0.15, -0.1) is 6.42 Å². The van der Waals surface area contributed by atoms with Crippen molar-refractivity contribution >= 4 is 47.8 Å². The number of terminal acetylenes is 1. The van der Waals surface area contributed by atoms with E-state index in [-0.39, 0.29) is 36.7 Å². The second-order valence-electron chi connectivity index (χ2n) is 14.2. The Morgan fingerprint density at radius 1 is 1.24 bits per heavy atom. The number of aromatic nitrogens is 2. The van der Waals surface area contributed by atoms with Gasteiger partial charge in [0, 0.05) is 18.5 Å². The van der Waals surface area contributed by atoms with Gasteiger partial charge < -0.3 is 34.8 Å². The summed E-state index contributed by atoms with van der Waals surface area (Å²) in [5, 5.41) is 7.94. The number of ether oxygens (including phenoxy) is 2. The van der Waals surface area contributed by atoms with Gasteiger partial charge in [0.25, 0.3) is 0 Å². The first kappa shape index (κ1) is 34.8. The predicted molar refractivity (Wildman–Crippen MR) is 190 cm³/mol. The summed E-state index contributed by atoms with van der Waals surface area (Å²) in [7, 11) is -2.18. The predicted octanol–water partition coefficient (Wildman–Crippen LogP) is 5.52. The van der Waals surface area contributed by atoms with Crippen LogP contribution in [0.1, 0.15) is 53.9 Å². The number of nitrogens with two attached hydrogens (primary N) is 1. The highest BCUT2D eigenvalue weighted by Gasteiger charge is 2.46. The van der Waals surface area contributed by atoms with Gasteiger partial charge in [0.05, 0.1) is 25.2 Å². The van der Waals surface area contributed by atoms with Crippen molar-refractivity contribution in [2.24, 2.45) is 11.3 Å². The summed E-state index contributed by atoms with van der Waals surface area (Å²) in [6.07, 6.45) is 7.31. The van der Waals surface area contributed by atoms with Crippen molar-refractivity contribution < 1.29 is 27.9 Å². The Morgan fingerprint density at radius 2 is 1.98 bits per heavy atom. The molecule has 6 rings (SSSR count). The van der Waals surface area contributed by atoms with Crippen molar-refractivity contribution in [1.29, 1.82) is 0 Å². The van der Waals surface area contributed by atoms with Gasteiger partial charge in [-0.25, -0.2) is 4.57 Å². The van der Waals surface area contributed by atoms with Crippen LogP contribution >= 0.6 is 7.75 Å². The summed E-state index contributed by atoms with van der Waals surface area (Å²) in [5.74, 6) is 3.80. The van der Waals surface area contributed by atoms with E-state index in [1.165, 1.54) is 0 Å². The fourth-order valence-electron chi connectivity index (χ4n) is 6.11. The zero-order chi connectivity index (χ0) is 35.1. The summed E-state index contributed by atoms with van der Waals surface area (Å²) in [5.41, 5.74) is 6.73. The second kappa shape index (κ2) is 13.7. The Hall–Kier alpha value is -4.08. The van der Waals surface area contributed by atoms with Crippen LogP contribution in [0, 0.1) is 23.7 Å². The Balaban J connectivity index is 1.21. The third kappa shape index (κ3) is 7.73. The summed E-state index contributed by atoms with van der Waals surface area (Å²) in [6.45, 7) is 9.50. The molecule has 262 valence electrons. The molecule has 4 N–H and O–H groups in total. The smallest absolute Gasteiger partial charge is 0.459 e. The van der Waals surface area contributed by atoms with E-state index in [1.807, 2.05) is 70.0 Å². The zero-order valence-corrected chi connectivity index (χ0v) is 29.8. The van der Waals surface area contributed by atoms with Crippen molar-refractivity contribution in [1.82, 2.24) is 15.1 Å². The zero-order valence-electron chi connectivity index (χ0n) is 28.9. The highest BCUT2D eigenvalue weighted by atomic mass is 31.2. The van der Waals surface area contributed by atoms with Crippen LogP contribution in [0.3, 0.4) is 0 Å². The lowest BCUT2D eigenvalue weighted by molar-refractivity contribution is -0.148. The molecular weight excluding hydrogens is 645 g/mol. The molecule has 0 bridgehead atoms. The number of benzene rings is 2. The first-order chi connectivity index (χ1) is 23.2. The van der Waals surface area contributed by atoms with Gasteiger partial charge in [0.1, 0.15) is 29.9 Å². The Bertz CT molecular complexity index is 1790. The van der Waals surface area contributed by atoms with Gasteiger partial charge in [-0.2, -0.15) is 15.1 Å². The van der Waals surface area contributed by atoms with Gasteiger partial charge in [0.2, 0.25) is 5.95 Å². The summed E-state index contributed by atoms with van der Waals surface area (Å²) in [4.78, 5) is 26.2. The van der Waals surface area contributed by atoms with E-state index in [4.69, 9.17) is 30.7 Å². The van der Waals surface area contributed by atoms with Crippen LogP contribution in [-0.4, -0.2) is 66.8 Å². The van der Waals surface area contributed by atoms with Crippen molar-refractivity contribution in [3.8, 4) is 18.1 Å². The lowest BCUT2D eigenvalue weighted by Crippen LogP contribution is -2.45. The molecule has 1 saturated heterocycles. The molecule has 3 aromatic rings. The SMILES string of the molecule is C#C[C@H]1C[C@@H](CO[P@@](=O)(N[C@@H](C)C(=O)OCC(C)(C)C)Oc2cccc3ccccc23)O[C@H]1N1c2nc(N)nc(N(C)C3CC3)c2NC1C. The van der Waals surface area contributed by atoms with Gasteiger partial charge in [-0.1, -0.05) is 63.1 Å². The van der Waals surface area contributed by atoms with Crippen molar-refractivity contribution in [2.75, 3.05) is 41.1 Å². The minimum absolute atomic E-state index is 0.127. The first-order valence-corrected chi connectivity index (χ1v) is 18.2. The van der Waals surface area contributed by atoms with Crippen LogP contribution in [0.15, 0.2) is 42.5 Å². The summed E-state index contributed by atoms with van der Waals surface area (Å²) >= 11 is 0. The quantitative estimate of drug-likeness (QED) is 0.124. The van der Waals surface area contributed by atoms with Crippen molar-refractivity contribution in [3.63, 3.8) is 0 Å². The van der Waals surface area contributed by atoms with E-state index < -0.39 is 32.1 Å². The standard InChI is InChI=1S/C35H46N7O6P/c1-8-23-18-26(47-32(23)42-22(3)37-29-30(41(7)25-16-17-25)38-34(36)39-31(29)42)19-46-49(44,40-21(2)33(43)45-20-35(4,5)6)48-28-15-11-13-24-12-9-10-14-27(24)28/h1,9-15,21-23,25-26,32,37H,16-20H2,2-7H3,(H,40,44)(H2,36,38,39)/t21-,22?,23-,26-,32+,49-/m0/s1. The maximum absolute atomic E-state index is 14.5. The van der Waals surface area contributed by atoms with Crippen LogP contribution in [0.4, 0.5) is 23.3 Å². The van der Waals surface area contributed by atoms with E-state index in [1.54, 1.807) is 19.1 Å². The van der Waals surface area contributed by atoms with Crippen molar-refractivity contribution in [2.45, 2.75) is 84.5 Å². The minimum Gasteiger partial charge on any atom is -0.464 e. The van der Waals surface area contributed by atoms with E-state index in [9.17, 15) is 9.36 Å². The third-order valence-electron chi connectivity index (χ3n) is 8.76. The van der Waals surface area contributed by atoms with Crippen LogP contribution in [0.2, 0.25) is 0 Å². The number of anilines is 4. The molecular formula is C35H46N7O6P. The third-order valence-corrected chi connectivity index (χ3v) is 10.4. The average Bonchev–Trinajstić information content (AvgIpc) is 3.75. The van der Waals surface area contributed by atoms with Crippen LogP contribution in [0.25, 0.3) is 10.8 Å². The molecule has 1 unspecified atom stereocenters. The largest absolute Gasteiger partial charge is 0.464 e. The maximum Gasteiger partial charge on any atom is 0.459 e. The Morgan fingerprint density at radius 3 is 2.69 bits per heavy atom. The molecule has 1 aromatic heterocycles. The first-order valence-electron chi connectivity index (χ1n) is 16.7. The molecule has 2 aromatic carbocycles. The molecule has 49 heavy (non-hydrogen) atoms. The Labute approximate surface area is 287 Å². The lowest BCUT2D eigenvalue weighted by atomic mass is 9.99. The van der Waals surface area contributed by atoms with Gasteiger partial charge in [-0.3, -0.25) is 9.32 Å². The van der Waals surface area contributed by atoms with Crippen molar-refractivity contribution in [3.05, 3.63) is 42.5 Å². The topological polar surface area (TPSA) is 153 Å². The van der Waals surface area contributed by atoms with Crippen LogP contribution < -0.4 is 30.5 Å². The van der Waals surface area contributed by atoms with Gasteiger partial charge >= 0.3 is 13.7 Å². The average molecular weight is 692 g/mol. The van der Waals surface area contributed by atoms with E-state index in [2.05, 4.69) is 31.2 Å². The number of hydrogen-bond acceptors (Lipinski definition) is 12. The molecule has 2 aliphatic heterocycles. The molecule has 1 aliphatic carbocycles. The number of rotatable bonds is 12. The molecule has 0 radical (unpaired) electrons. The second-order valence-corrected chi connectivity index (χ2v) is 15.9. The highest BCUT2D eigenvalue weighted by Crippen LogP contribution is 2.49. The van der Waals surface area contributed by atoms with Crippen LogP contribution in [0.5, 0.6) is 5.75 Å². The highest BCUT2D eigenvalue weighted by molar-refractivity contribution is 7.52. The van der Waals surface area contributed by atoms with E-state index >= 15 is 0 Å². The fourth-order valence-corrected chi connectivity index (χ4v) is 7.65. The maximum atomic E-state index is 14.5. The van der Waals surface area contributed by atoms with Gasteiger partial charge in [-0.05, 0) is 50.0 Å². The monoisotopic (exact) mass is 691 g/mol. The normalized spacial score (nSPS) is 23.7. The number of nitrogens with zero attached hydrogens (tertiary/aromatic N) is 4. The minimum atomic E-state index is -4.19. The number of fused-ring (bicyclic) bond motifs is 2. The van der Waals surface area contributed by atoms with Crippen LogP contribution in [-0.2, 0) is 23.4 Å². The lowest BCUT2D eigenvalue weighted by Gasteiger charge is -2.31.